The first-order chi connectivity index (χ1) is 21.3. The molecule has 0 saturated heterocycles. The number of nitrogens with zero attached hydrogens (tertiary/aromatic N) is 2. The van der Waals surface area contributed by atoms with Gasteiger partial charge in [-0.25, -0.2) is 9.78 Å². The highest BCUT2D eigenvalue weighted by atomic mass is 35.5. The molecule has 0 spiro atoms. The summed E-state index contributed by atoms with van der Waals surface area (Å²) in [5, 5.41) is 15.6. The summed E-state index contributed by atoms with van der Waals surface area (Å²) in [4.78, 5) is 42.0. The fourth-order valence-electron chi connectivity index (χ4n) is 4.92. The van der Waals surface area contributed by atoms with Crippen LogP contribution in [0.3, 0.4) is 0 Å². The molecule has 0 unspecified atom stereocenters. The second-order valence-corrected chi connectivity index (χ2v) is 11.3. The number of halogens is 1. The molecule has 230 valence electrons. The van der Waals surface area contributed by atoms with Crippen LogP contribution in [-0.4, -0.2) is 39.0 Å². The van der Waals surface area contributed by atoms with Crippen molar-refractivity contribution in [3.8, 4) is 11.1 Å². The molecule has 0 saturated carbocycles. The molecule has 10 heteroatoms. The van der Waals surface area contributed by atoms with Crippen molar-refractivity contribution in [2.45, 2.75) is 63.4 Å². The van der Waals surface area contributed by atoms with Gasteiger partial charge in [-0.1, -0.05) is 85.6 Å². The van der Waals surface area contributed by atoms with Crippen molar-refractivity contribution in [2.75, 3.05) is 6.54 Å². The lowest BCUT2D eigenvalue weighted by molar-refractivity contribution is -0.122. The van der Waals surface area contributed by atoms with Crippen molar-refractivity contribution in [1.29, 1.82) is 0 Å². The predicted molar refractivity (Wildman–Crippen MR) is 175 cm³/mol. The zero-order chi connectivity index (χ0) is 31.5. The Morgan fingerprint density at radius 1 is 0.909 bits per heavy atom. The van der Waals surface area contributed by atoms with Gasteiger partial charge in [0.05, 0.1) is 17.8 Å². The van der Waals surface area contributed by atoms with Gasteiger partial charge < -0.3 is 20.3 Å². The molecule has 3 aromatic carbocycles. The monoisotopic (exact) mass is 632 g/mol. The molecule has 0 aliphatic heterocycles. The number of rotatable bonds is 15. The van der Waals surface area contributed by atoms with Crippen LogP contribution >= 0.6 is 24.2 Å². The lowest BCUT2D eigenvalue weighted by Crippen LogP contribution is -2.31. The first kappa shape index (κ1) is 32.8. The summed E-state index contributed by atoms with van der Waals surface area (Å²) in [6.45, 7) is 3.05. The second-order valence-electron chi connectivity index (χ2n) is 10.5. The van der Waals surface area contributed by atoms with E-state index < -0.39 is 5.97 Å². The van der Waals surface area contributed by atoms with E-state index in [0.717, 1.165) is 46.7 Å². The molecule has 0 bridgehead atoms. The number of nitrogens with one attached hydrogen (secondary N) is 2. The van der Waals surface area contributed by atoms with Gasteiger partial charge in [-0.15, -0.1) is 12.6 Å². The fraction of sp³-hybridized carbons (Fsp3) is 0.294. The van der Waals surface area contributed by atoms with Gasteiger partial charge in [-0.3, -0.25) is 9.59 Å². The van der Waals surface area contributed by atoms with Crippen LogP contribution in [0.2, 0.25) is 5.15 Å². The SMILES string of the molecule is CCCCc1nc(Cl)c(CNC(=O)CCNC(=O)CCc2ccccc2S)n1Cc1ccc(-c2ccccc2C(=O)O)cc1. The standard InChI is InChI=1S/C34H37ClN4O4S/c1-2-3-12-30-38-33(35)28(21-37-32(41)19-20-36-31(40)18-17-25-8-4-7-11-29(25)44)39(30)22-23-13-15-24(16-14-23)26-9-5-6-10-27(26)34(42)43/h4-11,13-16,44H,2-3,12,17-22H2,1H3,(H,36,40)(H,37,41)(H,42,43). The Morgan fingerprint density at radius 3 is 2.34 bits per heavy atom. The number of carbonyl (C=O) groups excluding carboxylic acids is 2. The van der Waals surface area contributed by atoms with Crippen LogP contribution in [0.5, 0.6) is 0 Å². The molecular formula is C34H37ClN4O4S. The molecule has 0 fully saturated rings. The number of aromatic nitrogens is 2. The third kappa shape index (κ3) is 8.97. The Morgan fingerprint density at radius 2 is 1.61 bits per heavy atom. The molecule has 1 heterocycles. The van der Waals surface area contributed by atoms with E-state index in [4.69, 9.17) is 11.6 Å². The van der Waals surface area contributed by atoms with E-state index in [9.17, 15) is 19.5 Å². The normalized spacial score (nSPS) is 10.9. The number of hydrogen-bond donors (Lipinski definition) is 4. The quantitative estimate of drug-likeness (QED) is 0.114. The van der Waals surface area contributed by atoms with E-state index >= 15 is 0 Å². The van der Waals surface area contributed by atoms with Crippen molar-refractivity contribution in [1.82, 2.24) is 20.2 Å². The molecular weight excluding hydrogens is 596 g/mol. The average Bonchev–Trinajstić information content (AvgIpc) is 3.31. The van der Waals surface area contributed by atoms with Gasteiger partial charge in [0.2, 0.25) is 11.8 Å². The third-order valence-electron chi connectivity index (χ3n) is 7.36. The number of aryl methyl sites for hydroxylation is 2. The Labute approximate surface area is 268 Å². The van der Waals surface area contributed by atoms with Crippen LogP contribution in [-0.2, 0) is 35.5 Å². The Hall–Kier alpha value is -4.08. The maximum absolute atomic E-state index is 12.6. The number of benzene rings is 3. The molecule has 4 aromatic rings. The molecule has 44 heavy (non-hydrogen) atoms. The first-order valence-electron chi connectivity index (χ1n) is 14.7. The van der Waals surface area contributed by atoms with Gasteiger partial charge in [-0.2, -0.15) is 0 Å². The minimum Gasteiger partial charge on any atom is -0.478 e. The molecule has 0 atom stereocenters. The van der Waals surface area contributed by atoms with Crippen LogP contribution in [0.4, 0.5) is 0 Å². The van der Waals surface area contributed by atoms with Crippen LogP contribution in [0.15, 0.2) is 77.7 Å². The smallest absolute Gasteiger partial charge is 0.336 e. The number of hydrogen-bond acceptors (Lipinski definition) is 5. The van der Waals surface area contributed by atoms with Crippen LogP contribution < -0.4 is 10.6 Å². The molecule has 1 aromatic heterocycles. The molecule has 2 amide bonds. The van der Waals surface area contributed by atoms with Gasteiger partial charge in [-0.05, 0) is 47.2 Å². The summed E-state index contributed by atoms with van der Waals surface area (Å²) in [5.74, 6) is -0.445. The van der Waals surface area contributed by atoms with E-state index in [1.54, 1.807) is 18.2 Å². The molecule has 3 N–H and O–H groups in total. The Bertz CT molecular complexity index is 1600. The lowest BCUT2D eigenvalue weighted by Gasteiger charge is -2.14. The number of aromatic carboxylic acids is 1. The predicted octanol–water partition coefficient (Wildman–Crippen LogP) is 6.34. The van der Waals surface area contributed by atoms with Crippen LogP contribution in [0.1, 0.15) is 65.6 Å². The summed E-state index contributed by atoms with van der Waals surface area (Å²) in [6.07, 6.45) is 3.74. The van der Waals surface area contributed by atoms with Crippen molar-refractivity contribution in [3.05, 3.63) is 106 Å². The largest absolute Gasteiger partial charge is 0.478 e. The zero-order valence-electron chi connectivity index (χ0n) is 24.7. The summed E-state index contributed by atoms with van der Waals surface area (Å²) in [6, 6.07) is 22.3. The summed E-state index contributed by atoms with van der Waals surface area (Å²) < 4.78 is 2.04. The van der Waals surface area contributed by atoms with Crippen LogP contribution in [0.25, 0.3) is 11.1 Å². The topological polar surface area (TPSA) is 113 Å². The van der Waals surface area contributed by atoms with Gasteiger partial charge in [0.25, 0.3) is 0 Å². The molecule has 0 aliphatic rings. The van der Waals surface area contributed by atoms with E-state index in [1.165, 1.54) is 0 Å². The molecule has 0 aliphatic carbocycles. The van der Waals surface area contributed by atoms with Crippen molar-refractivity contribution in [2.24, 2.45) is 0 Å². The van der Waals surface area contributed by atoms with E-state index in [0.29, 0.717) is 35.8 Å². The maximum Gasteiger partial charge on any atom is 0.336 e. The van der Waals surface area contributed by atoms with Crippen molar-refractivity contribution >= 4 is 42.0 Å². The van der Waals surface area contributed by atoms with Crippen molar-refractivity contribution < 1.29 is 19.5 Å². The minimum absolute atomic E-state index is 0.117. The Kier molecular flexibility index (Phi) is 12.0. The number of carbonyl (C=O) groups is 3. The third-order valence-corrected chi connectivity index (χ3v) is 8.10. The highest BCUT2D eigenvalue weighted by Crippen LogP contribution is 2.26. The fourth-order valence-corrected chi connectivity index (χ4v) is 5.46. The van der Waals surface area contributed by atoms with Crippen LogP contribution in [0, 0.1) is 0 Å². The lowest BCUT2D eigenvalue weighted by atomic mass is 9.99. The van der Waals surface area contributed by atoms with E-state index in [1.807, 2.05) is 59.2 Å². The van der Waals surface area contributed by atoms with Gasteiger partial charge in [0.15, 0.2) is 5.15 Å². The summed E-state index contributed by atoms with van der Waals surface area (Å²) in [7, 11) is 0. The highest BCUT2D eigenvalue weighted by Gasteiger charge is 2.18. The number of imidazole rings is 1. The molecule has 8 nitrogen and oxygen atoms in total. The first-order valence-corrected chi connectivity index (χ1v) is 15.5. The maximum atomic E-state index is 12.6. The number of unbranched alkanes of at least 4 members (excludes halogenated alkanes) is 1. The van der Waals surface area contributed by atoms with Gasteiger partial charge >= 0.3 is 5.97 Å². The van der Waals surface area contributed by atoms with Crippen molar-refractivity contribution in [3.63, 3.8) is 0 Å². The second kappa shape index (κ2) is 16.1. The zero-order valence-corrected chi connectivity index (χ0v) is 26.3. The Balaban J connectivity index is 1.36. The minimum atomic E-state index is -0.970. The number of amides is 2. The van der Waals surface area contributed by atoms with Gasteiger partial charge in [0.1, 0.15) is 5.82 Å². The number of thiol groups is 1. The van der Waals surface area contributed by atoms with Gasteiger partial charge in [0, 0.05) is 37.2 Å². The molecule has 0 radical (unpaired) electrons. The summed E-state index contributed by atoms with van der Waals surface area (Å²) >= 11 is 11.0. The van der Waals surface area contributed by atoms with E-state index in [2.05, 4.69) is 35.2 Å². The average molecular weight is 633 g/mol. The highest BCUT2D eigenvalue weighted by molar-refractivity contribution is 7.80. The number of carboxylic acid groups (broad SMARTS) is 1. The molecule has 4 rings (SSSR count). The summed E-state index contributed by atoms with van der Waals surface area (Å²) in [5.41, 5.74) is 4.43. The van der Waals surface area contributed by atoms with E-state index in [-0.39, 0.29) is 36.9 Å². The number of carboxylic acids is 1.